The summed E-state index contributed by atoms with van der Waals surface area (Å²) in [6.07, 6.45) is 2.15. The van der Waals surface area contributed by atoms with Gasteiger partial charge in [-0.05, 0) is 37.5 Å². The van der Waals surface area contributed by atoms with Crippen LogP contribution in [0, 0.1) is 0 Å². The third-order valence-electron chi connectivity index (χ3n) is 4.28. The number of benzene rings is 2. The van der Waals surface area contributed by atoms with E-state index < -0.39 is 12.1 Å². The van der Waals surface area contributed by atoms with Gasteiger partial charge in [0.2, 0.25) is 6.10 Å². The summed E-state index contributed by atoms with van der Waals surface area (Å²) < 4.78 is 5.60. The number of piperidine rings is 1. The summed E-state index contributed by atoms with van der Waals surface area (Å²) in [5.74, 6) is -0.719. The highest BCUT2D eigenvalue weighted by Crippen LogP contribution is 2.24. The fraction of sp³-hybridized carbons (Fsp3) is 0.300. The Kier molecular flexibility index (Phi) is 5.71. The van der Waals surface area contributed by atoms with Crippen LogP contribution in [-0.2, 0) is 9.53 Å². The van der Waals surface area contributed by atoms with Gasteiger partial charge in [-0.3, -0.25) is 4.79 Å². The van der Waals surface area contributed by atoms with Gasteiger partial charge < -0.3 is 9.64 Å². The number of esters is 1. The molecule has 5 heteroatoms. The number of ether oxygens (including phenoxy) is 1. The zero-order valence-electron chi connectivity index (χ0n) is 13.9. The number of hydrogen-bond acceptors (Lipinski definition) is 3. The van der Waals surface area contributed by atoms with Crippen molar-refractivity contribution in [3.63, 3.8) is 0 Å². The summed E-state index contributed by atoms with van der Waals surface area (Å²) in [6.45, 7) is 1.41. The molecular formula is C20H20ClNO3. The van der Waals surface area contributed by atoms with E-state index in [2.05, 4.69) is 0 Å². The second-order valence-electron chi connectivity index (χ2n) is 6.09. The molecule has 0 bridgehead atoms. The SMILES string of the molecule is O=C(O[C@@H](C(=O)N1CCCCC1)c1ccccc1)c1cccc(Cl)c1. The molecule has 1 aliphatic rings. The number of carbonyl (C=O) groups excluding carboxylic acids is 2. The van der Waals surface area contributed by atoms with E-state index in [0.717, 1.165) is 19.3 Å². The van der Waals surface area contributed by atoms with Crippen molar-refractivity contribution in [2.45, 2.75) is 25.4 Å². The largest absolute Gasteiger partial charge is 0.444 e. The molecule has 0 N–H and O–H groups in total. The van der Waals surface area contributed by atoms with Gasteiger partial charge in [0, 0.05) is 23.7 Å². The molecule has 2 aromatic carbocycles. The quantitative estimate of drug-likeness (QED) is 0.768. The molecule has 1 saturated heterocycles. The lowest BCUT2D eigenvalue weighted by Gasteiger charge is -2.30. The molecule has 1 atom stereocenters. The Morgan fingerprint density at radius 1 is 0.960 bits per heavy atom. The Hall–Kier alpha value is -2.33. The maximum atomic E-state index is 13.0. The smallest absolute Gasteiger partial charge is 0.339 e. The topological polar surface area (TPSA) is 46.6 Å². The van der Waals surface area contributed by atoms with Crippen molar-refractivity contribution >= 4 is 23.5 Å². The van der Waals surface area contributed by atoms with Crippen LogP contribution in [0.3, 0.4) is 0 Å². The highest BCUT2D eigenvalue weighted by Gasteiger charge is 2.30. The Labute approximate surface area is 152 Å². The zero-order valence-corrected chi connectivity index (χ0v) is 14.6. The number of amides is 1. The van der Waals surface area contributed by atoms with Gasteiger partial charge in [-0.15, -0.1) is 0 Å². The molecule has 1 aliphatic heterocycles. The first-order valence-electron chi connectivity index (χ1n) is 8.45. The first kappa shape index (κ1) is 17.5. The third-order valence-corrected chi connectivity index (χ3v) is 4.51. The average Bonchev–Trinajstić information content (AvgIpc) is 2.67. The molecule has 1 fully saturated rings. The summed E-state index contributed by atoms with van der Waals surface area (Å²) in [6, 6.07) is 15.7. The normalized spacial score (nSPS) is 15.5. The van der Waals surface area contributed by atoms with Gasteiger partial charge in [-0.1, -0.05) is 48.0 Å². The zero-order chi connectivity index (χ0) is 17.6. The lowest BCUT2D eigenvalue weighted by Crippen LogP contribution is -2.40. The summed E-state index contributed by atoms with van der Waals surface area (Å²) in [4.78, 5) is 27.3. The minimum absolute atomic E-state index is 0.165. The van der Waals surface area contributed by atoms with Gasteiger partial charge in [0.05, 0.1) is 5.56 Å². The Morgan fingerprint density at radius 3 is 2.36 bits per heavy atom. The van der Waals surface area contributed by atoms with Crippen LogP contribution in [0.5, 0.6) is 0 Å². The van der Waals surface area contributed by atoms with Crippen LogP contribution < -0.4 is 0 Å². The van der Waals surface area contributed by atoms with E-state index in [0.29, 0.717) is 29.2 Å². The number of likely N-dealkylation sites (tertiary alicyclic amines) is 1. The summed E-state index contributed by atoms with van der Waals surface area (Å²) >= 11 is 5.94. The second kappa shape index (κ2) is 8.17. The highest BCUT2D eigenvalue weighted by atomic mass is 35.5. The molecule has 0 saturated carbocycles. The third kappa shape index (κ3) is 4.40. The van der Waals surface area contributed by atoms with E-state index in [9.17, 15) is 9.59 Å². The van der Waals surface area contributed by atoms with Crippen molar-refractivity contribution in [1.82, 2.24) is 4.90 Å². The van der Waals surface area contributed by atoms with Crippen LogP contribution >= 0.6 is 11.6 Å². The number of rotatable bonds is 4. The predicted octanol–water partition coefficient (Wildman–Crippen LogP) is 4.25. The maximum Gasteiger partial charge on any atom is 0.339 e. The van der Waals surface area contributed by atoms with Crippen molar-refractivity contribution in [2.24, 2.45) is 0 Å². The Bertz CT molecular complexity index is 742. The summed E-state index contributed by atoms with van der Waals surface area (Å²) in [5, 5.41) is 0.452. The minimum Gasteiger partial charge on any atom is -0.444 e. The lowest BCUT2D eigenvalue weighted by molar-refractivity contribution is -0.142. The molecule has 0 aromatic heterocycles. The predicted molar refractivity (Wildman–Crippen MR) is 96.5 cm³/mol. The highest BCUT2D eigenvalue weighted by molar-refractivity contribution is 6.30. The lowest BCUT2D eigenvalue weighted by atomic mass is 10.1. The fourth-order valence-electron chi connectivity index (χ4n) is 2.96. The van der Waals surface area contributed by atoms with E-state index in [1.54, 1.807) is 35.2 Å². The van der Waals surface area contributed by atoms with E-state index in [1.165, 1.54) is 6.07 Å². The number of halogens is 1. The molecular weight excluding hydrogens is 338 g/mol. The van der Waals surface area contributed by atoms with Gasteiger partial charge in [-0.2, -0.15) is 0 Å². The van der Waals surface area contributed by atoms with Crippen LogP contribution in [0.25, 0.3) is 0 Å². The molecule has 1 heterocycles. The monoisotopic (exact) mass is 357 g/mol. The van der Waals surface area contributed by atoms with Crippen LogP contribution in [0.2, 0.25) is 5.02 Å². The number of hydrogen-bond donors (Lipinski definition) is 0. The maximum absolute atomic E-state index is 13.0. The molecule has 0 radical (unpaired) electrons. The van der Waals surface area contributed by atoms with Crippen LogP contribution in [0.15, 0.2) is 54.6 Å². The van der Waals surface area contributed by atoms with Crippen molar-refractivity contribution in [2.75, 3.05) is 13.1 Å². The van der Waals surface area contributed by atoms with Crippen molar-refractivity contribution in [3.05, 3.63) is 70.7 Å². The Balaban J connectivity index is 1.83. The molecule has 3 rings (SSSR count). The molecule has 4 nitrogen and oxygen atoms in total. The molecule has 130 valence electrons. The van der Waals surface area contributed by atoms with Gasteiger partial charge in [0.1, 0.15) is 0 Å². The van der Waals surface area contributed by atoms with Crippen LogP contribution in [0.1, 0.15) is 41.3 Å². The number of carbonyl (C=O) groups is 2. The molecule has 25 heavy (non-hydrogen) atoms. The van der Waals surface area contributed by atoms with Crippen molar-refractivity contribution < 1.29 is 14.3 Å². The van der Waals surface area contributed by atoms with Crippen molar-refractivity contribution in [3.8, 4) is 0 Å². The molecule has 0 spiro atoms. The van der Waals surface area contributed by atoms with E-state index >= 15 is 0 Å². The average molecular weight is 358 g/mol. The molecule has 0 aliphatic carbocycles. The summed E-state index contributed by atoms with van der Waals surface area (Å²) in [7, 11) is 0. The molecule has 1 amide bonds. The van der Waals surface area contributed by atoms with Crippen LogP contribution in [-0.4, -0.2) is 29.9 Å². The van der Waals surface area contributed by atoms with Crippen molar-refractivity contribution in [1.29, 1.82) is 0 Å². The fourth-order valence-corrected chi connectivity index (χ4v) is 3.15. The summed E-state index contributed by atoms with van der Waals surface area (Å²) in [5.41, 5.74) is 1.01. The first-order valence-corrected chi connectivity index (χ1v) is 8.83. The van der Waals surface area contributed by atoms with E-state index in [4.69, 9.17) is 16.3 Å². The molecule has 0 unspecified atom stereocenters. The van der Waals surface area contributed by atoms with E-state index in [-0.39, 0.29) is 5.91 Å². The van der Waals surface area contributed by atoms with Gasteiger partial charge >= 0.3 is 5.97 Å². The van der Waals surface area contributed by atoms with Gasteiger partial charge in [0.15, 0.2) is 0 Å². The minimum atomic E-state index is -0.939. The Morgan fingerprint density at radius 2 is 1.68 bits per heavy atom. The van der Waals surface area contributed by atoms with Crippen LogP contribution in [0.4, 0.5) is 0 Å². The standard InChI is InChI=1S/C20H20ClNO3/c21-17-11-7-10-16(14-17)20(24)25-18(15-8-3-1-4-9-15)19(23)22-12-5-2-6-13-22/h1,3-4,7-11,14,18H,2,5-6,12-13H2/t18-/m1/s1. The van der Waals surface area contributed by atoms with Gasteiger partial charge in [-0.25, -0.2) is 4.79 Å². The first-order chi connectivity index (χ1) is 12.1. The second-order valence-corrected chi connectivity index (χ2v) is 6.53. The van der Waals surface area contributed by atoms with E-state index in [1.807, 2.05) is 18.2 Å². The number of nitrogens with zero attached hydrogens (tertiary/aromatic N) is 1. The van der Waals surface area contributed by atoms with Gasteiger partial charge in [0.25, 0.3) is 5.91 Å². The molecule has 2 aromatic rings.